The van der Waals surface area contributed by atoms with Crippen molar-refractivity contribution in [1.29, 1.82) is 0 Å². The third kappa shape index (κ3) is 3.47. The van der Waals surface area contributed by atoms with Gasteiger partial charge in [0.15, 0.2) is 0 Å². The van der Waals surface area contributed by atoms with Gasteiger partial charge in [-0.2, -0.15) is 0 Å². The summed E-state index contributed by atoms with van der Waals surface area (Å²) in [5.74, 6) is -0.259. The Labute approximate surface area is 119 Å². The van der Waals surface area contributed by atoms with Gasteiger partial charge in [-0.05, 0) is 18.9 Å². The first-order valence-electron chi connectivity index (χ1n) is 6.71. The molecule has 20 heavy (non-hydrogen) atoms. The number of nitrogens with zero attached hydrogens (tertiary/aromatic N) is 1. The molecule has 1 amide bonds. The Morgan fingerprint density at radius 1 is 1.30 bits per heavy atom. The van der Waals surface area contributed by atoms with Crippen molar-refractivity contribution in [3.63, 3.8) is 0 Å². The van der Waals surface area contributed by atoms with Gasteiger partial charge in [-0.3, -0.25) is 9.59 Å². The summed E-state index contributed by atoms with van der Waals surface area (Å²) < 4.78 is 4.59. The summed E-state index contributed by atoms with van der Waals surface area (Å²) in [5, 5.41) is 0. The van der Waals surface area contributed by atoms with E-state index in [9.17, 15) is 9.59 Å². The van der Waals surface area contributed by atoms with E-state index in [4.69, 9.17) is 0 Å². The van der Waals surface area contributed by atoms with E-state index in [1.807, 2.05) is 37.3 Å². The zero-order valence-corrected chi connectivity index (χ0v) is 11.9. The Kier molecular flexibility index (Phi) is 4.56. The van der Waals surface area contributed by atoms with E-state index in [0.29, 0.717) is 25.1 Å². The van der Waals surface area contributed by atoms with Gasteiger partial charge in [-0.1, -0.05) is 35.9 Å². The molecule has 1 aliphatic heterocycles. The number of esters is 1. The number of carbonyl (C=O) groups excluding carboxylic acids is 2. The molecule has 0 bridgehead atoms. The molecule has 4 heteroatoms. The minimum absolute atomic E-state index is 0.0227. The molecule has 0 aliphatic carbocycles. The van der Waals surface area contributed by atoms with Crippen molar-refractivity contribution in [1.82, 2.24) is 4.90 Å². The van der Waals surface area contributed by atoms with Gasteiger partial charge >= 0.3 is 5.97 Å². The number of carbonyl (C=O) groups is 2. The van der Waals surface area contributed by atoms with E-state index < -0.39 is 0 Å². The first kappa shape index (κ1) is 14.3. The van der Waals surface area contributed by atoms with Crippen LogP contribution in [0.15, 0.2) is 35.9 Å². The van der Waals surface area contributed by atoms with Crippen molar-refractivity contribution in [3.8, 4) is 0 Å². The summed E-state index contributed by atoms with van der Waals surface area (Å²) in [6.45, 7) is 3.26. The van der Waals surface area contributed by atoms with Crippen LogP contribution in [0.2, 0.25) is 0 Å². The summed E-state index contributed by atoms with van der Waals surface area (Å²) in [7, 11) is 1.36. The fourth-order valence-electron chi connectivity index (χ4n) is 2.19. The Morgan fingerprint density at radius 3 is 2.65 bits per heavy atom. The van der Waals surface area contributed by atoms with Gasteiger partial charge in [0.2, 0.25) is 5.91 Å². The second-order valence-corrected chi connectivity index (χ2v) is 4.98. The molecular formula is C16H19NO3. The number of methoxy groups -OCH3 is 1. The third-order valence-electron chi connectivity index (χ3n) is 3.44. The van der Waals surface area contributed by atoms with Crippen LogP contribution in [-0.2, 0) is 20.9 Å². The maximum Gasteiger partial charge on any atom is 0.305 e. The molecular weight excluding hydrogens is 254 g/mol. The fraction of sp³-hybridized carbons (Fsp3) is 0.375. The summed E-state index contributed by atoms with van der Waals surface area (Å²) in [4.78, 5) is 25.1. The quantitative estimate of drug-likeness (QED) is 0.773. The van der Waals surface area contributed by atoms with Crippen LogP contribution in [0.4, 0.5) is 0 Å². The molecule has 0 aromatic heterocycles. The summed E-state index contributed by atoms with van der Waals surface area (Å²) in [6, 6.07) is 8.16. The van der Waals surface area contributed by atoms with Gasteiger partial charge < -0.3 is 9.64 Å². The van der Waals surface area contributed by atoms with Crippen LogP contribution in [-0.4, -0.2) is 30.4 Å². The first-order valence-corrected chi connectivity index (χ1v) is 6.71. The Balaban J connectivity index is 1.89. The Morgan fingerprint density at radius 2 is 2.00 bits per heavy atom. The topological polar surface area (TPSA) is 46.6 Å². The zero-order chi connectivity index (χ0) is 14.5. The minimum Gasteiger partial charge on any atom is -0.469 e. The standard InChI is InChI=1S/C16H19NO3/c1-12-3-5-13(6-4-12)11-17-10-9-14(16(17)19)7-8-15(18)20-2/h3-6,9H,7-8,10-11H2,1-2H3. The zero-order valence-electron chi connectivity index (χ0n) is 11.9. The van der Waals surface area contributed by atoms with Gasteiger partial charge in [0.1, 0.15) is 0 Å². The summed E-state index contributed by atoms with van der Waals surface area (Å²) >= 11 is 0. The van der Waals surface area contributed by atoms with Crippen LogP contribution in [0.3, 0.4) is 0 Å². The molecule has 0 atom stereocenters. The van der Waals surface area contributed by atoms with Crippen molar-refractivity contribution in [2.45, 2.75) is 26.3 Å². The second kappa shape index (κ2) is 6.37. The maximum atomic E-state index is 12.2. The number of hydrogen-bond donors (Lipinski definition) is 0. The number of aryl methyl sites for hydroxylation is 1. The van der Waals surface area contributed by atoms with Crippen molar-refractivity contribution >= 4 is 11.9 Å². The van der Waals surface area contributed by atoms with E-state index in [-0.39, 0.29) is 18.3 Å². The average molecular weight is 273 g/mol. The Hall–Kier alpha value is -2.10. The van der Waals surface area contributed by atoms with Gasteiger partial charge in [-0.25, -0.2) is 0 Å². The second-order valence-electron chi connectivity index (χ2n) is 4.98. The molecule has 1 heterocycles. The largest absolute Gasteiger partial charge is 0.469 e. The highest BCUT2D eigenvalue weighted by Gasteiger charge is 2.23. The molecule has 2 rings (SSSR count). The number of rotatable bonds is 5. The van der Waals surface area contributed by atoms with Crippen LogP contribution in [0.5, 0.6) is 0 Å². The van der Waals surface area contributed by atoms with Gasteiger partial charge in [0.25, 0.3) is 0 Å². The predicted molar refractivity (Wildman–Crippen MR) is 75.9 cm³/mol. The lowest BCUT2D eigenvalue weighted by molar-refractivity contribution is -0.140. The van der Waals surface area contributed by atoms with Gasteiger partial charge in [-0.15, -0.1) is 0 Å². The highest BCUT2D eigenvalue weighted by atomic mass is 16.5. The van der Waals surface area contributed by atoms with Crippen LogP contribution in [0.25, 0.3) is 0 Å². The number of benzene rings is 1. The highest BCUT2D eigenvalue weighted by Crippen LogP contribution is 2.19. The molecule has 0 fully saturated rings. The molecule has 106 valence electrons. The molecule has 1 aromatic carbocycles. The van der Waals surface area contributed by atoms with Gasteiger partial charge in [0.05, 0.1) is 7.11 Å². The molecule has 1 aliphatic rings. The molecule has 0 N–H and O–H groups in total. The van der Waals surface area contributed by atoms with Crippen molar-refractivity contribution in [3.05, 3.63) is 47.0 Å². The molecule has 0 spiro atoms. The van der Waals surface area contributed by atoms with Gasteiger partial charge in [0, 0.05) is 25.1 Å². The van der Waals surface area contributed by atoms with Crippen molar-refractivity contribution in [2.75, 3.05) is 13.7 Å². The Bertz CT molecular complexity index is 531. The van der Waals surface area contributed by atoms with E-state index in [0.717, 1.165) is 5.56 Å². The van der Waals surface area contributed by atoms with Crippen molar-refractivity contribution < 1.29 is 14.3 Å². The number of ether oxygens (including phenoxy) is 1. The molecule has 0 saturated heterocycles. The normalized spacial score (nSPS) is 14.4. The lowest BCUT2D eigenvalue weighted by atomic mass is 10.1. The maximum absolute atomic E-state index is 12.2. The minimum atomic E-state index is -0.282. The molecule has 0 radical (unpaired) electrons. The smallest absolute Gasteiger partial charge is 0.305 e. The summed E-state index contributed by atoms with van der Waals surface area (Å²) in [6.07, 6.45) is 2.61. The van der Waals surface area contributed by atoms with E-state index in [2.05, 4.69) is 4.74 Å². The van der Waals surface area contributed by atoms with Crippen LogP contribution in [0.1, 0.15) is 24.0 Å². The molecule has 4 nitrogen and oxygen atoms in total. The number of amides is 1. The average Bonchev–Trinajstić information content (AvgIpc) is 2.80. The summed E-state index contributed by atoms with van der Waals surface area (Å²) in [5.41, 5.74) is 3.03. The molecule has 1 aromatic rings. The van der Waals surface area contributed by atoms with E-state index >= 15 is 0 Å². The lowest BCUT2D eigenvalue weighted by Gasteiger charge is -2.16. The van der Waals surface area contributed by atoms with E-state index in [1.54, 1.807) is 4.90 Å². The first-order chi connectivity index (χ1) is 9.60. The van der Waals surface area contributed by atoms with Crippen LogP contribution < -0.4 is 0 Å². The predicted octanol–water partition coefficient (Wildman–Crippen LogP) is 2.22. The SMILES string of the molecule is COC(=O)CCC1=CCN(Cc2ccc(C)cc2)C1=O. The van der Waals surface area contributed by atoms with Crippen molar-refractivity contribution in [2.24, 2.45) is 0 Å². The highest BCUT2D eigenvalue weighted by molar-refractivity contribution is 5.96. The van der Waals surface area contributed by atoms with Crippen LogP contribution >= 0.6 is 0 Å². The molecule has 0 saturated carbocycles. The third-order valence-corrected chi connectivity index (χ3v) is 3.44. The monoisotopic (exact) mass is 273 g/mol. The van der Waals surface area contributed by atoms with E-state index in [1.165, 1.54) is 12.7 Å². The molecule has 0 unspecified atom stereocenters. The fourth-order valence-corrected chi connectivity index (χ4v) is 2.19. The van der Waals surface area contributed by atoms with Crippen LogP contribution in [0, 0.1) is 6.92 Å². The lowest BCUT2D eigenvalue weighted by Crippen LogP contribution is -2.26. The number of hydrogen-bond acceptors (Lipinski definition) is 3.